The fraction of sp³-hybridized carbons (Fsp3) is 0.423. The zero-order valence-corrected chi connectivity index (χ0v) is 17.7. The van der Waals surface area contributed by atoms with Crippen molar-refractivity contribution < 1.29 is 4.74 Å². The number of unbranched alkanes of at least 4 members (excludes halogenated alkanes) is 7. The second-order valence-corrected chi connectivity index (χ2v) is 7.71. The average Bonchev–Trinajstić information content (AvgIpc) is 2.77. The summed E-state index contributed by atoms with van der Waals surface area (Å²) < 4.78 is 5.88. The van der Waals surface area contributed by atoms with Gasteiger partial charge in [0, 0.05) is 11.9 Å². The number of para-hydroxylation sites is 1. The first-order valence-corrected chi connectivity index (χ1v) is 11.2. The van der Waals surface area contributed by atoms with Gasteiger partial charge in [-0.1, -0.05) is 82.2 Å². The maximum atomic E-state index is 5.88. The predicted octanol–water partition coefficient (Wildman–Crippen LogP) is 7.37. The lowest BCUT2D eigenvalue weighted by molar-refractivity contribution is 0.304. The van der Waals surface area contributed by atoms with E-state index >= 15 is 0 Å². The molecule has 0 atom stereocenters. The van der Waals surface area contributed by atoms with E-state index in [2.05, 4.69) is 53.6 Å². The number of ether oxygens (including phenoxy) is 1. The molecule has 29 heavy (non-hydrogen) atoms. The van der Waals surface area contributed by atoms with E-state index in [0.29, 0.717) is 0 Å². The highest BCUT2D eigenvalue weighted by Crippen LogP contribution is 2.17. The van der Waals surface area contributed by atoms with Crippen LogP contribution in [0.4, 0.5) is 5.82 Å². The van der Waals surface area contributed by atoms with Gasteiger partial charge in [-0.15, -0.1) is 0 Å². The molecule has 0 unspecified atom stereocenters. The fourth-order valence-corrected chi connectivity index (χ4v) is 3.49. The molecule has 3 aromatic rings. The monoisotopic (exact) mass is 390 g/mol. The van der Waals surface area contributed by atoms with Crippen molar-refractivity contribution in [3.05, 3.63) is 66.2 Å². The molecule has 0 fully saturated rings. The largest absolute Gasteiger partial charge is 0.494 e. The number of rotatable bonds is 13. The van der Waals surface area contributed by atoms with Crippen molar-refractivity contribution in [2.45, 2.75) is 64.8 Å². The number of hydrogen-bond donors (Lipinski definition) is 1. The summed E-state index contributed by atoms with van der Waals surface area (Å²) in [5.74, 6) is 1.86. The molecule has 0 spiro atoms. The van der Waals surface area contributed by atoms with E-state index in [0.717, 1.165) is 42.0 Å². The SMILES string of the molecule is CCCCCCCCCCOc1ccc(CNc2ccc3ccccc3n2)cc1. The molecule has 3 rings (SSSR count). The van der Waals surface area contributed by atoms with Crippen LogP contribution in [0.25, 0.3) is 10.9 Å². The van der Waals surface area contributed by atoms with Crippen molar-refractivity contribution in [3.63, 3.8) is 0 Å². The van der Waals surface area contributed by atoms with Crippen molar-refractivity contribution in [1.82, 2.24) is 4.98 Å². The Labute approximate surface area is 175 Å². The highest BCUT2D eigenvalue weighted by molar-refractivity contribution is 5.80. The lowest BCUT2D eigenvalue weighted by Gasteiger charge is -2.09. The van der Waals surface area contributed by atoms with Crippen LogP contribution >= 0.6 is 0 Å². The summed E-state index contributed by atoms with van der Waals surface area (Å²) in [7, 11) is 0. The highest BCUT2D eigenvalue weighted by Gasteiger charge is 2.00. The Hall–Kier alpha value is -2.55. The maximum absolute atomic E-state index is 5.88. The smallest absolute Gasteiger partial charge is 0.126 e. The molecule has 1 heterocycles. The summed E-state index contributed by atoms with van der Waals surface area (Å²) in [6.45, 7) is 3.83. The van der Waals surface area contributed by atoms with Crippen LogP contribution in [0.2, 0.25) is 0 Å². The van der Waals surface area contributed by atoms with Gasteiger partial charge in [-0.05, 0) is 42.3 Å². The highest BCUT2D eigenvalue weighted by atomic mass is 16.5. The second kappa shape index (κ2) is 12.1. The van der Waals surface area contributed by atoms with E-state index in [1.165, 1.54) is 50.5 Å². The van der Waals surface area contributed by atoms with E-state index in [-0.39, 0.29) is 0 Å². The van der Waals surface area contributed by atoms with Gasteiger partial charge in [-0.25, -0.2) is 4.98 Å². The van der Waals surface area contributed by atoms with Crippen LogP contribution in [-0.2, 0) is 6.54 Å². The van der Waals surface area contributed by atoms with E-state index in [9.17, 15) is 0 Å². The van der Waals surface area contributed by atoms with Crippen LogP contribution in [0.3, 0.4) is 0 Å². The number of pyridine rings is 1. The van der Waals surface area contributed by atoms with Gasteiger partial charge in [-0.3, -0.25) is 0 Å². The minimum Gasteiger partial charge on any atom is -0.494 e. The van der Waals surface area contributed by atoms with Crippen molar-refractivity contribution in [2.24, 2.45) is 0 Å². The van der Waals surface area contributed by atoms with Crippen molar-refractivity contribution in [3.8, 4) is 5.75 Å². The number of benzene rings is 2. The second-order valence-electron chi connectivity index (χ2n) is 7.71. The Morgan fingerprint density at radius 3 is 2.28 bits per heavy atom. The molecule has 0 bridgehead atoms. The van der Waals surface area contributed by atoms with Crippen molar-refractivity contribution >= 4 is 16.7 Å². The molecule has 0 saturated heterocycles. The summed E-state index contributed by atoms with van der Waals surface area (Å²) in [4.78, 5) is 4.66. The number of fused-ring (bicyclic) bond motifs is 1. The molecule has 0 radical (unpaired) electrons. The first-order chi connectivity index (χ1) is 14.3. The molecule has 0 amide bonds. The molecule has 154 valence electrons. The molecule has 1 N–H and O–H groups in total. The van der Waals surface area contributed by atoms with Crippen LogP contribution in [0.15, 0.2) is 60.7 Å². The molecule has 0 aliphatic rings. The zero-order chi connectivity index (χ0) is 20.2. The Morgan fingerprint density at radius 2 is 1.48 bits per heavy atom. The van der Waals surface area contributed by atoms with Gasteiger partial charge in [0.15, 0.2) is 0 Å². The first-order valence-electron chi connectivity index (χ1n) is 11.2. The Morgan fingerprint density at radius 1 is 0.759 bits per heavy atom. The Kier molecular flexibility index (Phi) is 8.84. The maximum Gasteiger partial charge on any atom is 0.126 e. The Bertz CT molecular complexity index is 845. The van der Waals surface area contributed by atoms with Crippen LogP contribution in [0.1, 0.15) is 63.9 Å². The van der Waals surface area contributed by atoms with Gasteiger partial charge < -0.3 is 10.1 Å². The lowest BCUT2D eigenvalue weighted by Crippen LogP contribution is -2.02. The van der Waals surface area contributed by atoms with Gasteiger partial charge in [-0.2, -0.15) is 0 Å². The summed E-state index contributed by atoms with van der Waals surface area (Å²) in [5, 5.41) is 4.57. The minimum atomic E-state index is 0.754. The topological polar surface area (TPSA) is 34.1 Å². The molecule has 3 nitrogen and oxygen atoms in total. The van der Waals surface area contributed by atoms with Crippen molar-refractivity contribution in [1.29, 1.82) is 0 Å². The minimum absolute atomic E-state index is 0.754. The normalized spacial score (nSPS) is 10.9. The van der Waals surface area contributed by atoms with E-state index < -0.39 is 0 Å². The Balaban J connectivity index is 1.33. The van der Waals surface area contributed by atoms with Crippen LogP contribution in [0, 0.1) is 0 Å². The van der Waals surface area contributed by atoms with E-state index in [4.69, 9.17) is 4.74 Å². The van der Waals surface area contributed by atoms with Crippen LogP contribution in [0.5, 0.6) is 5.75 Å². The third-order valence-electron chi connectivity index (χ3n) is 5.26. The summed E-state index contributed by atoms with van der Waals surface area (Å²) in [6, 6.07) is 20.7. The summed E-state index contributed by atoms with van der Waals surface area (Å²) in [5.41, 5.74) is 2.24. The molecular weight excluding hydrogens is 356 g/mol. The van der Waals surface area contributed by atoms with E-state index in [1.807, 2.05) is 24.3 Å². The molecule has 0 aliphatic carbocycles. The average molecular weight is 391 g/mol. The fourth-order valence-electron chi connectivity index (χ4n) is 3.49. The van der Waals surface area contributed by atoms with Crippen molar-refractivity contribution in [2.75, 3.05) is 11.9 Å². The molecule has 3 heteroatoms. The first kappa shape index (κ1) is 21.2. The predicted molar refractivity (Wildman–Crippen MR) is 124 cm³/mol. The number of hydrogen-bond acceptors (Lipinski definition) is 3. The number of anilines is 1. The standard InChI is InChI=1S/C26H34N2O/c1-2-3-4-5-6-7-8-11-20-29-24-17-14-22(15-18-24)21-27-26-19-16-23-12-9-10-13-25(23)28-26/h9-10,12-19H,2-8,11,20-21H2,1H3,(H,27,28). The third kappa shape index (κ3) is 7.41. The molecule has 1 aromatic heterocycles. The number of nitrogens with zero attached hydrogens (tertiary/aromatic N) is 1. The van der Waals surface area contributed by atoms with E-state index in [1.54, 1.807) is 0 Å². The van der Waals surface area contributed by atoms with Crippen LogP contribution in [-0.4, -0.2) is 11.6 Å². The van der Waals surface area contributed by atoms with Gasteiger partial charge >= 0.3 is 0 Å². The third-order valence-corrected chi connectivity index (χ3v) is 5.26. The molecule has 0 aliphatic heterocycles. The van der Waals surface area contributed by atoms with Gasteiger partial charge in [0.2, 0.25) is 0 Å². The number of aromatic nitrogens is 1. The van der Waals surface area contributed by atoms with Gasteiger partial charge in [0.25, 0.3) is 0 Å². The summed E-state index contributed by atoms with van der Waals surface area (Å²) in [6.07, 6.45) is 10.6. The van der Waals surface area contributed by atoms with Gasteiger partial charge in [0.05, 0.1) is 12.1 Å². The van der Waals surface area contributed by atoms with Gasteiger partial charge in [0.1, 0.15) is 11.6 Å². The molecular formula is C26H34N2O. The number of nitrogens with one attached hydrogen (secondary N) is 1. The molecule has 2 aromatic carbocycles. The quantitative estimate of drug-likeness (QED) is 0.309. The lowest BCUT2D eigenvalue weighted by atomic mass is 10.1. The summed E-state index contributed by atoms with van der Waals surface area (Å²) >= 11 is 0. The zero-order valence-electron chi connectivity index (χ0n) is 17.7. The molecule has 0 saturated carbocycles. The van der Waals surface area contributed by atoms with Crippen LogP contribution < -0.4 is 10.1 Å².